The number of hydrogen-bond donors (Lipinski definition) is 0. The molecule has 0 spiro atoms. The molecular formula is C16H13N3O3S. The number of ketones is 1. The highest BCUT2D eigenvalue weighted by molar-refractivity contribution is 8.15. The molecule has 0 radical (unpaired) electrons. The van der Waals surface area contributed by atoms with E-state index in [2.05, 4.69) is 5.10 Å². The third kappa shape index (κ3) is 3.09. The van der Waals surface area contributed by atoms with Crippen LogP contribution in [0.3, 0.4) is 0 Å². The molecule has 0 aliphatic carbocycles. The summed E-state index contributed by atoms with van der Waals surface area (Å²) in [7, 11) is 1.75. The van der Waals surface area contributed by atoms with E-state index >= 15 is 0 Å². The quantitative estimate of drug-likeness (QED) is 0.490. The van der Waals surface area contributed by atoms with E-state index in [1.165, 1.54) is 36.0 Å². The molecule has 0 N–H and O–H groups in total. The number of nitrogens with zero attached hydrogens (tertiary/aromatic N) is 3. The van der Waals surface area contributed by atoms with E-state index < -0.39 is 10.3 Å². The molecule has 1 atom stereocenters. The first-order chi connectivity index (χ1) is 11.1. The van der Waals surface area contributed by atoms with Gasteiger partial charge in [0.1, 0.15) is 5.04 Å². The molecule has 2 aromatic carbocycles. The summed E-state index contributed by atoms with van der Waals surface area (Å²) in [6.45, 7) is 0. The fourth-order valence-corrected chi connectivity index (χ4v) is 3.32. The number of hydrogen-bond acceptors (Lipinski definition) is 6. The second-order valence-corrected chi connectivity index (χ2v) is 6.05. The van der Waals surface area contributed by atoms with Crippen molar-refractivity contribution < 1.29 is 9.72 Å². The summed E-state index contributed by atoms with van der Waals surface area (Å²) in [4.78, 5) is 22.8. The summed E-state index contributed by atoms with van der Waals surface area (Å²) in [5.74, 6) is -0.123. The largest absolute Gasteiger partial charge is 0.291 e. The predicted molar refractivity (Wildman–Crippen MR) is 89.5 cm³/mol. The lowest BCUT2D eigenvalue weighted by atomic mass is 10.1. The van der Waals surface area contributed by atoms with Crippen molar-refractivity contribution in [3.8, 4) is 0 Å². The standard InChI is InChI=1S/C16H13N3O3S/c1-18-16(23-15(17-18)12-5-3-2-4-6-12)14(20)11-7-9-13(10-8-11)19(21)22/h2-10,16H,1H3. The van der Waals surface area contributed by atoms with E-state index in [-0.39, 0.29) is 11.5 Å². The summed E-state index contributed by atoms with van der Waals surface area (Å²) in [6, 6.07) is 15.3. The SMILES string of the molecule is CN1N=C(c2ccccc2)SC1C(=O)c1ccc([N+](=O)[O-])cc1. The third-order valence-corrected chi connectivity index (χ3v) is 4.70. The average molecular weight is 327 g/mol. The third-order valence-electron chi connectivity index (χ3n) is 3.42. The minimum atomic E-state index is -0.485. The van der Waals surface area contributed by atoms with Gasteiger partial charge in [-0.1, -0.05) is 42.1 Å². The molecule has 0 aromatic heterocycles. The van der Waals surface area contributed by atoms with Crippen molar-refractivity contribution >= 4 is 28.3 Å². The zero-order chi connectivity index (χ0) is 16.4. The molecule has 2 aromatic rings. The molecule has 1 heterocycles. The van der Waals surface area contributed by atoms with Crippen LogP contribution in [0.1, 0.15) is 15.9 Å². The number of carbonyl (C=O) groups is 1. The molecule has 1 aliphatic heterocycles. The lowest BCUT2D eigenvalue weighted by molar-refractivity contribution is -0.384. The van der Waals surface area contributed by atoms with E-state index in [4.69, 9.17) is 0 Å². The number of rotatable bonds is 4. The van der Waals surface area contributed by atoms with Crippen LogP contribution in [0.2, 0.25) is 0 Å². The summed E-state index contributed by atoms with van der Waals surface area (Å²) in [6.07, 6.45) is 0. The summed E-state index contributed by atoms with van der Waals surface area (Å²) in [5, 5.41) is 17.0. The van der Waals surface area contributed by atoms with Crippen LogP contribution in [0.4, 0.5) is 5.69 Å². The Hall–Kier alpha value is -2.67. The molecule has 7 heteroatoms. The Kier molecular flexibility index (Phi) is 4.12. The number of thioether (sulfide) groups is 1. The molecule has 6 nitrogen and oxygen atoms in total. The van der Waals surface area contributed by atoms with Gasteiger partial charge in [-0.3, -0.25) is 19.9 Å². The number of Topliss-reactive ketones (excluding diaryl/α,β-unsaturated/α-hetero) is 1. The Morgan fingerprint density at radius 1 is 1.17 bits per heavy atom. The zero-order valence-corrected chi connectivity index (χ0v) is 13.1. The van der Waals surface area contributed by atoms with Gasteiger partial charge in [0.15, 0.2) is 11.2 Å². The predicted octanol–water partition coefficient (Wildman–Crippen LogP) is 3.14. The lowest BCUT2D eigenvalue weighted by Crippen LogP contribution is -2.28. The highest BCUT2D eigenvalue weighted by Crippen LogP contribution is 2.31. The van der Waals surface area contributed by atoms with Crippen molar-refractivity contribution in [2.45, 2.75) is 5.37 Å². The van der Waals surface area contributed by atoms with Crippen LogP contribution in [-0.4, -0.2) is 33.2 Å². The molecule has 0 saturated carbocycles. The average Bonchev–Trinajstić information content (AvgIpc) is 2.97. The minimum Gasteiger partial charge on any atom is -0.291 e. The molecular weight excluding hydrogens is 314 g/mol. The van der Waals surface area contributed by atoms with Gasteiger partial charge in [0, 0.05) is 30.3 Å². The van der Waals surface area contributed by atoms with Crippen molar-refractivity contribution in [2.24, 2.45) is 5.10 Å². The van der Waals surface area contributed by atoms with Crippen molar-refractivity contribution in [3.05, 3.63) is 75.8 Å². The zero-order valence-electron chi connectivity index (χ0n) is 12.2. The number of hydrazone groups is 1. The highest BCUT2D eigenvalue weighted by Gasteiger charge is 2.32. The fraction of sp³-hybridized carbons (Fsp3) is 0.125. The molecule has 116 valence electrons. The molecule has 0 bridgehead atoms. The first-order valence-corrected chi connectivity index (χ1v) is 7.76. The fourth-order valence-electron chi connectivity index (χ4n) is 2.22. The van der Waals surface area contributed by atoms with Gasteiger partial charge in [0.05, 0.1) is 4.92 Å². The number of nitro benzene ring substituents is 1. The van der Waals surface area contributed by atoms with Gasteiger partial charge in [-0.2, -0.15) is 5.10 Å². The van der Waals surface area contributed by atoms with E-state index in [0.29, 0.717) is 5.56 Å². The molecule has 0 amide bonds. The maximum Gasteiger partial charge on any atom is 0.269 e. The molecule has 0 fully saturated rings. The van der Waals surface area contributed by atoms with Crippen molar-refractivity contribution in [1.82, 2.24) is 5.01 Å². The van der Waals surface area contributed by atoms with Crippen molar-refractivity contribution in [1.29, 1.82) is 0 Å². The van der Waals surface area contributed by atoms with Crippen LogP contribution >= 0.6 is 11.8 Å². The number of carbonyl (C=O) groups excluding carboxylic acids is 1. The van der Waals surface area contributed by atoms with Crippen LogP contribution < -0.4 is 0 Å². The molecule has 1 aliphatic rings. The first-order valence-electron chi connectivity index (χ1n) is 6.88. The van der Waals surface area contributed by atoms with E-state index in [9.17, 15) is 14.9 Å². The van der Waals surface area contributed by atoms with E-state index in [1.54, 1.807) is 12.1 Å². The Morgan fingerprint density at radius 2 is 1.83 bits per heavy atom. The van der Waals surface area contributed by atoms with Gasteiger partial charge in [-0.05, 0) is 12.1 Å². The highest BCUT2D eigenvalue weighted by atomic mass is 32.2. The number of likely N-dealkylation sites (N-methyl/N-ethyl adjacent to an activating group) is 1. The van der Waals surface area contributed by atoms with Crippen LogP contribution in [0.25, 0.3) is 0 Å². The Balaban J connectivity index is 1.78. The second kappa shape index (κ2) is 6.21. The Morgan fingerprint density at radius 3 is 2.43 bits per heavy atom. The Bertz CT molecular complexity index is 775. The smallest absolute Gasteiger partial charge is 0.269 e. The monoisotopic (exact) mass is 327 g/mol. The van der Waals surface area contributed by atoms with E-state index in [1.807, 2.05) is 30.3 Å². The minimum absolute atomic E-state index is 0.0322. The number of benzene rings is 2. The van der Waals surface area contributed by atoms with Gasteiger partial charge in [0.2, 0.25) is 0 Å². The summed E-state index contributed by atoms with van der Waals surface area (Å²) >= 11 is 1.38. The molecule has 1 unspecified atom stereocenters. The van der Waals surface area contributed by atoms with Gasteiger partial charge in [-0.15, -0.1) is 0 Å². The van der Waals surface area contributed by atoms with Gasteiger partial charge in [0.25, 0.3) is 5.69 Å². The van der Waals surface area contributed by atoms with Gasteiger partial charge >= 0.3 is 0 Å². The molecule has 0 saturated heterocycles. The van der Waals surface area contributed by atoms with Crippen LogP contribution in [-0.2, 0) is 0 Å². The maximum atomic E-state index is 12.6. The normalized spacial score (nSPS) is 17.0. The van der Waals surface area contributed by atoms with Crippen LogP contribution in [0.5, 0.6) is 0 Å². The van der Waals surface area contributed by atoms with Crippen LogP contribution in [0, 0.1) is 10.1 Å². The molecule has 23 heavy (non-hydrogen) atoms. The Labute approximate surface area is 137 Å². The topological polar surface area (TPSA) is 75.8 Å². The summed E-state index contributed by atoms with van der Waals surface area (Å²) < 4.78 is 0. The maximum absolute atomic E-state index is 12.6. The van der Waals surface area contributed by atoms with E-state index in [0.717, 1.165) is 10.6 Å². The first kappa shape index (κ1) is 15.2. The van der Waals surface area contributed by atoms with Crippen LogP contribution in [0.15, 0.2) is 59.7 Å². The second-order valence-electron chi connectivity index (χ2n) is 4.98. The molecule has 3 rings (SSSR count). The number of non-ortho nitro benzene ring substituents is 1. The van der Waals surface area contributed by atoms with Crippen molar-refractivity contribution in [3.63, 3.8) is 0 Å². The van der Waals surface area contributed by atoms with Gasteiger partial charge in [-0.25, -0.2) is 0 Å². The lowest BCUT2D eigenvalue weighted by Gasteiger charge is -2.16. The number of nitro groups is 1. The van der Waals surface area contributed by atoms with Crippen molar-refractivity contribution in [2.75, 3.05) is 7.05 Å². The van der Waals surface area contributed by atoms with Gasteiger partial charge < -0.3 is 0 Å². The summed E-state index contributed by atoms with van der Waals surface area (Å²) in [5.41, 5.74) is 1.36.